The van der Waals surface area contributed by atoms with Gasteiger partial charge in [0.25, 0.3) is 0 Å². The first kappa shape index (κ1) is 14.2. The number of esters is 1. The molecule has 1 N–H and O–H groups in total. The molecule has 0 fully saturated rings. The van der Waals surface area contributed by atoms with Gasteiger partial charge in [-0.25, -0.2) is 4.79 Å². The van der Waals surface area contributed by atoms with Crippen molar-refractivity contribution in [1.29, 1.82) is 0 Å². The van der Waals surface area contributed by atoms with Crippen molar-refractivity contribution in [2.24, 2.45) is 0 Å². The van der Waals surface area contributed by atoms with Gasteiger partial charge in [0.15, 0.2) is 0 Å². The maximum Gasteiger partial charge on any atom is 0.333 e. The van der Waals surface area contributed by atoms with Crippen LogP contribution in [0.25, 0.3) is 0 Å². The zero-order valence-electron chi connectivity index (χ0n) is 9.79. The Morgan fingerprint density at radius 1 is 1.40 bits per heavy atom. The van der Waals surface area contributed by atoms with Gasteiger partial charge in [0, 0.05) is 12.2 Å². The second kappa shape index (κ2) is 8.48. The molecule has 0 aromatic rings. The van der Waals surface area contributed by atoms with E-state index >= 15 is 0 Å². The Morgan fingerprint density at radius 2 is 2.07 bits per heavy atom. The van der Waals surface area contributed by atoms with Crippen molar-refractivity contribution in [1.82, 2.24) is 0 Å². The molecule has 88 valence electrons. The Bertz CT molecular complexity index is 199. The molecular weight excluding hydrogens is 192 g/mol. The monoisotopic (exact) mass is 214 g/mol. The topological polar surface area (TPSA) is 46.5 Å². The fourth-order valence-corrected chi connectivity index (χ4v) is 1.32. The van der Waals surface area contributed by atoms with Crippen LogP contribution in [0, 0.1) is 0 Å². The van der Waals surface area contributed by atoms with Crippen LogP contribution in [-0.2, 0) is 9.53 Å². The van der Waals surface area contributed by atoms with Gasteiger partial charge >= 0.3 is 5.97 Å². The van der Waals surface area contributed by atoms with Crippen molar-refractivity contribution in [3.05, 3.63) is 12.2 Å². The molecule has 0 saturated carbocycles. The average molecular weight is 214 g/mol. The van der Waals surface area contributed by atoms with E-state index in [9.17, 15) is 4.79 Å². The maximum atomic E-state index is 11.3. The fraction of sp³-hybridized carbons (Fsp3) is 0.750. The minimum Gasteiger partial charge on any atom is -0.459 e. The molecule has 1 atom stereocenters. The van der Waals surface area contributed by atoms with E-state index in [0.29, 0.717) is 5.57 Å². The third-order valence-corrected chi connectivity index (χ3v) is 2.17. The molecule has 0 aromatic heterocycles. The van der Waals surface area contributed by atoms with Crippen LogP contribution in [0.5, 0.6) is 0 Å². The van der Waals surface area contributed by atoms with Crippen molar-refractivity contribution in [2.45, 2.75) is 52.1 Å². The molecule has 0 aliphatic carbocycles. The minimum absolute atomic E-state index is 0.0225. The zero-order chi connectivity index (χ0) is 11.7. The number of aliphatic hydroxyl groups excluding tert-OH is 1. The van der Waals surface area contributed by atoms with Gasteiger partial charge in [0.2, 0.25) is 0 Å². The van der Waals surface area contributed by atoms with E-state index in [-0.39, 0.29) is 18.7 Å². The van der Waals surface area contributed by atoms with E-state index < -0.39 is 0 Å². The molecular formula is C12H22O3. The first-order valence-corrected chi connectivity index (χ1v) is 5.59. The van der Waals surface area contributed by atoms with Crippen LogP contribution in [-0.4, -0.2) is 23.8 Å². The highest BCUT2D eigenvalue weighted by Gasteiger charge is 2.13. The number of unbranched alkanes of at least 4 members (excludes halogenated alkanes) is 1. The number of hydrogen-bond acceptors (Lipinski definition) is 3. The van der Waals surface area contributed by atoms with Gasteiger partial charge < -0.3 is 9.84 Å². The molecule has 0 aliphatic heterocycles. The third-order valence-electron chi connectivity index (χ3n) is 2.17. The second-order valence-corrected chi connectivity index (χ2v) is 3.82. The Kier molecular flexibility index (Phi) is 8.01. The molecule has 0 radical (unpaired) electrons. The van der Waals surface area contributed by atoms with E-state index in [0.717, 1.165) is 32.1 Å². The summed E-state index contributed by atoms with van der Waals surface area (Å²) in [5.41, 5.74) is 0.443. The van der Waals surface area contributed by atoms with E-state index in [1.165, 1.54) is 0 Å². The van der Waals surface area contributed by atoms with Crippen molar-refractivity contribution >= 4 is 5.97 Å². The summed E-state index contributed by atoms with van der Waals surface area (Å²) in [4.78, 5) is 11.3. The Morgan fingerprint density at radius 3 is 2.53 bits per heavy atom. The lowest BCUT2D eigenvalue weighted by atomic mass is 10.1. The van der Waals surface area contributed by atoms with Crippen molar-refractivity contribution < 1.29 is 14.6 Å². The van der Waals surface area contributed by atoms with Crippen molar-refractivity contribution in [3.8, 4) is 0 Å². The number of ether oxygens (including phenoxy) is 1. The number of rotatable bonds is 8. The van der Waals surface area contributed by atoms with Gasteiger partial charge in [-0.3, -0.25) is 0 Å². The lowest BCUT2D eigenvalue weighted by molar-refractivity contribution is -0.144. The lowest BCUT2D eigenvalue weighted by Gasteiger charge is -2.16. The summed E-state index contributed by atoms with van der Waals surface area (Å²) < 4.78 is 5.28. The largest absolute Gasteiger partial charge is 0.459 e. The smallest absolute Gasteiger partial charge is 0.333 e. The quantitative estimate of drug-likeness (QED) is 0.383. The molecule has 3 heteroatoms. The summed E-state index contributed by atoms with van der Waals surface area (Å²) in [6.07, 6.45) is 4.34. The number of hydrogen-bond donors (Lipinski definition) is 1. The van der Waals surface area contributed by atoms with E-state index in [2.05, 4.69) is 13.5 Å². The SMILES string of the molecule is C=C(C)C(=O)OC(CCC)CCCCO. The number of carbonyl (C=O) groups excluding carboxylic acids is 1. The van der Waals surface area contributed by atoms with E-state index in [1.807, 2.05) is 0 Å². The normalized spacial score (nSPS) is 12.2. The summed E-state index contributed by atoms with van der Waals surface area (Å²) in [7, 11) is 0. The molecule has 0 aliphatic rings. The predicted octanol–water partition coefficient (Wildman–Crippen LogP) is 2.44. The van der Waals surface area contributed by atoms with Gasteiger partial charge in [0.1, 0.15) is 6.10 Å². The van der Waals surface area contributed by atoms with Crippen LogP contribution in [0.2, 0.25) is 0 Å². The van der Waals surface area contributed by atoms with Gasteiger partial charge in [-0.1, -0.05) is 19.9 Å². The lowest BCUT2D eigenvalue weighted by Crippen LogP contribution is -2.18. The van der Waals surface area contributed by atoms with Crippen molar-refractivity contribution in [2.75, 3.05) is 6.61 Å². The Labute approximate surface area is 92.1 Å². The zero-order valence-corrected chi connectivity index (χ0v) is 9.79. The molecule has 1 unspecified atom stereocenters. The van der Waals surface area contributed by atoms with Crippen LogP contribution in [0.15, 0.2) is 12.2 Å². The summed E-state index contributed by atoms with van der Waals surface area (Å²) in [6, 6.07) is 0. The van der Waals surface area contributed by atoms with Crippen LogP contribution < -0.4 is 0 Å². The Balaban J connectivity index is 3.91. The van der Waals surface area contributed by atoms with Gasteiger partial charge in [-0.05, 0) is 32.6 Å². The van der Waals surface area contributed by atoms with Crippen LogP contribution >= 0.6 is 0 Å². The highest BCUT2D eigenvalue weighted by Crippen LogP contribution is 2.12. The van der Waals surface area contributed by atoms with Crippen LogP contribution in [0.1, 0.15) is 46.0 Å². The predicted molar refractivity (Wildman–Crippen MR) is 60.5 cm³/mol. The number of carbonyl (C=O) groups is 1. The molecule has 3 nitrogen and oxygen atoms in total. The molecule has 0 heterocycles. The van der Waals surface area contributed by atoms with E-state index in [4.69, 9.17) is 9.84 Å². The molecule has 0 saturated heterocycles. The van der Waals surface area contributed by atoms with Crippen LogP contribution in [0.4, 0.5) is 0 Å². The van der Waals surface area contributed by atoms with Crippen molar-refractivity contribution in [3.63, 3.8) is 0 Å². The summed E-state index contributed by atoms with van der Waals surface area (Å²) in [5.74, 6) is -0.308. The Hall–Kier alpha value is -0.830. The summed E-state index contributed by atoms with van der Waals surface area (Å²) in [5, 5.41) is 8.66. The molecule has 0 rings (SSSR count). The first-order valence-electron chi connectivity index (χ1n) is 5.59. The maximum absolute atomic E-state index is 11.3. The first-order chi connectivity index (χ1) is 7.11. The highest BCUT2D eigenvalue weighted by molar-refractivity contribution is 5.87. The minimum atomic E-state index is -0.308. The second-order valence-electron chi connectivity index (χ2n) is 3.82. The van der Waals surface area contributed by atoms with E-state index in [1.54, 1.807) is 6.92 Å². The summed E-state index contributed by atoms with van der Waals surface area (Å²) >= 11 is 0. The average Bonchev–Trinajstić information content (AvgIpc) is 2.18. The van der Waals surface area contributed by atoms with Gasteiger partial charge in [0.05, 0.1) is 0 Å². The third kappa shape index (κ3) is 7.14. The molecule has 0 amide bonds. The van der Waals surface area contributed by atoms with Gasteiger partial charge in [-0.15, -0.1) is 0 Å². The molecule has 15 heavy (non-hydrogen) atoms. The number of aliphatic hydroxyl groups is 1. The molecule has 0 aromatic carbocycles. The fourth-order valence-electron chi connectivity index (χ4n) is 1.32. The standard InChI is InChI=1S/C12H22O3/c1-4-7-11(8-5-6-9-13)15-12(14)10(2)3/h11,13H,2,4-9H2,1,3H3. The molecule has 0 bridgehead atoms. The summed E-state index contributed by atoms with van der Waals surface area (Å²) in [6.45, 7) is 7.47. The van der Waals surface area contributed by atoms with Gasteiger partial charge in [-0.2, -0.15) is 0 Å². The van der Waals surface area contributed by atoms with Crippen LogP contribution in [0.3, 0.4) is 0 Å². The highest BCUT2D eigenvalue weighted by atomic mass is 16.5. The molecule has 0 spiro atoms.